The van der Waals surface area contributed by atoms with Crippen LogP contribution in [0, 0.1) is 3.57 Å². The maximum absolute atomic E-state index is 12.2. The molecule has 0 saturated carbocycles. The molecule has 0 aliphatic rings. The molecule has 0 fully saturated rings. The van der Waals surface area contributed by atoms with Crippen molar-refractivity contribution in [2.45, 2.75) is 32.9 Å². The van der Waals surface area contributed by atoms with Gasteiger partial charge in [0.2, 0.25) is 0 Å². The van der Waals surface area contributed by atoms with Gasteiger partial charge in [-0.3, -0.25) is 4.68 Å². The monoisotopic (exact) mass is 330 g/mol. The van der Waals surface area contributed by atoms with Crippen molar-refractivity contribution in [1.82, 2.24) is 9.78 Å². The largest absolute Gasteiger partial charge is 0.375 e. The lowest BCUT2D eigenvalue weighted by atomic mass is 10.4. The Labute approximate surface area is 101 Å². The third kappa shape index (κ3) is 4.02. The minimum atomic E-state index is -2.38. The lowest BCUT2D eigenvalue weighted by molar-refractivity contribution is 0.0990. The average molecular weight is 330 g/mol. The first kappa shape index (κ1) is 12.8. The van der Waals surface area contributed by atoms with Crippen LogP contribution in [0.15, 0.2) is 6.20 Å². The molecule has 6 heteroatoms. The molecule has 0 radical (unpaired) electrons. The van der Waals surface area contributed by atoms with E-state index in [1.54, 1.807) is 6.20 Å². The van der Waals surface area contributed by atoms with Crippen LogP contribution in [0.5, 0.6) is 0 Å². The Morgan fingerprint density at radius 2 is 2.33 bits per heavy atom. The summed E-state index contributed by atoms with van der Waals surface area (Å²) >= 11 is 2.07. The molecule has 0 spiro atoms. The standard InChI is InChI=1S/C9H13F2IN2O/c1-2-3-15-6-8-7(12)4-13-14(8)5-9(10)11/h4,9H,2-3,5-6H2,1H3. The maximum Gasteiger partial charge on any atom is 0.257 e. The van der Waals surface area contributed by atoms with Crippen molar-refractivity contribution in [1.29, 1.82) is 0 Å². The van der Waals surface area contributed by atoms with Crippen LogP contribution in [0.4, 0.5) is 8.78 Å². The van der Waals surface area contributed by atoms with Crippen LogP contribution in [0.25, 0.3) is 0 Å². The first-order valence-electron chi connectivity index (χ1n) is 4.71. The Morgan fingerprint density at radius 1 is 1.60 bits per heavy atom. The van der Waals surface area contributed by atoms with Crippen molar-refractivity contribution in [3.63, 3.8) is 0 Å². The Morgan fingerprint density at radius 3 is 2.93 bits per heavy atom. The molecule has 1 rings (SSSR count). The predicted molar refractivity (Wildman–Crippen MR) is 60.9 cm³/mol. The second-order valence-electron chi connectivity index (χ2n) is 3.06. The van der Waals surface area contributed by atoms with Crippen LogP contribution >= 0.6 is 22.6 Å². The number of aromatic nitrogens is 2. The van der Waals surface area contributed by atoms with Gasteiger partial charge >= 0.3 is 0 Å². The van der Waals surface area contributed by atoms with Crippen LogP contribution in [0.2, 0.25) is 0 Å². The summed E-state index contributed by atoms with van der Waals surface area (Å²) in [4.78, 5) is 0. The molecule has 0 aliphatic heterocycles. The fourth-order valence-electron chi connectivity index (χ4n) is 1.13. The van der Waals surface area contributed by atoms with Crippen molar-refractivity contribution >= 4 is 22.6 Å². The Kier molecular flexibility index (Phi) is 5.44. The molecule has 0 unspecified atom stereocenters. The van der Waals surface area contributed by atoms with Crippen molar-refractivity contribution in [2.24, 2.45) is 0 Å². The summed E-state index contributed by atoms with van der Waals surface area (Å²) in [5.41, 5.74) is 0.726. The topological polar surface area (TPSA) is 27.1 Å². The van der Waals surface area contributed by atoms with Gasteiger partial charge in [-0.15, -0.1) is 0 Å². The van der Waals surface area contributed by atoms with Gasteiger partial charge in [0.15, 0.2) is 0 Å². The van der Waals surface area contributed by atoms with Gasteiger partial charge in [-0.05, 0) is 29.0 Å². The van der Waals surface area contributed by atoms with Crippen molar-refractivity contribution in [3.05, 3.63) is 15.5 Å². The lowest BCUT2D eigenvalue weighted by Gasteiger charge is -2.07. The minimum absolute atomic E-state index is 0.346. The summed E-state index contributed by atoms with van der Waals surface area (Å²) in [5, 5.41) is 3.88. The third-order valence-corrected chi connectivity index (χ3v) is 2.70. The molecular formula is C9H13F2IN2O. The van der Waals surface area contributed by atoms with Gasteiger partial charge in [0.05, 0.1) is 22.1 Å². The minimum Gasteiger partial charge on any atom is -0.375 e. The molecule has 1 aromatic heterocycles. The summed E-state index contributed by atoms with van der Waals surface area (Å²) in [6.45, 7) is 2.62. The van der Waals surface area contributed by atoms with E-state index in [1.807, 2.05) is 6.92 Å². The SMILES string of the molecule is CCCOCc1c(I)cnn1CC(F)F. The number of halogens is 3. The Hall–Kier alpha value is -0.240. The number of hydrogen-bond donors (Lipinski definition) is 0. The van der Waals surface area contributed by atoms with Gasteiger partial charge in [-0.1, -0.05) is 6.92 Å². The molecule has 86 valence electrons. The Bertz CT molecular complexity index is 304. The molecule has 1 aromatic rings. The number of rotatable bonds is 6. The highest BCUT2D eigenvalue weighted by atomic mass is 127. The van der Waals surface area contributed by atoms with E-state index in [9.17, 15) is 8.78 Å². The second-order valence-corrected chi connectivity index (χ2v) is 4.23. The molecule has 1 heterocycles. The summed E-state index contributed by atoms with van der Waals surface area (Å²) in [6.07, 6.45) is 0.110. The van der Waals surface area contributed by atoms with E-state index in [0.29, 0.717) is 13.2 Å². The van der Waals surface area contributed by atoms with Crippen LogP contribution in [-0.2, 0) is 17.9 Å². The molecule has 3 nitrogen and oxygen atoms in total. The lowest BCUT2D eigenvalue weighted by Crippen LogP contribution is -2.12. The highest BCUT2D eigenvalue weighted by Crippen LogP contribution is 2.14. The summed E-state index contributed by atoms with van der Waals surface area (Å²) < 4.78 is 31.9. The van der Waals surface area contributed by atoms with E-state index in [2.05, 4.69) is 27.7 Å². The van der Waals surface area contributed by atoms with Crippen LogP contribution in [0.1, 0.15) is 19.0 Å². The van der Waals surface area contributed by atoms with Gasteiger partial charge in [-0.2, -0.15) is 5.10 Å². The smallest absolute Gasteiger partial charge is 0.257 e. The predicted octanol–water partition coefficient (Wildman–Crippen LogP) is 2.68. The molecule has 0 saturated heterocycles. The second kappa shape index (κ2) is 6.37. The highest BCUT2D eigenvalue weighted by molar-refractivity contribution is 14.1. The number of ether oxygens (including phenoxy) is 1. The zero-order chi connectivity index (χ0) is 11.3. The number of nitrogens with zero attached hydrogens (tertiary/aromatic N) is 2. The molecule has 0 aromatic carbocycles. The normalized spacial score (nSPS) is 11.3. The Balaban J connectivity index is 2.62. The molecule has 0 amide bonds. The van der Waals surface area contributed by atoms with Crippen molar-refractivity contribution in [2.75, 3.05) is 6.61 Å². The van der Waals surface area contributed by atoms with E-state index >= 15 is 0 Å². The first-order valence-corrected chi connectivity index (χ1v) is 5.79. The van der Waals surface area contributed by atoms with Gasteiger partial charge in [0.25, 0.3) is 6.43 Å². The first-order chi connectivity index (χ1) is 7.15. The zero-order valence-corrected chi connectivity index (χ0v) is 10.6. The number of alkyl halides is 2. The highest BCUT2D eigenvalue weighted by Gasteiger charge is 2.12. The van der Waals surface area contributed by atoms with E-state index in [1.165, 1.54) is 4.68 Å². The zero-order valence-electron chi connectivity index (χ0n) is 8.42. The molecule has 0 N–H and O–H groups in total. The molecule has 0 aliphatic carbocycles. The fraction of sp³-hybridized carbons (Fsp3) is 0.667. The summed E-state index contributed by atoms with van der Waals surface area (Å²) in [7, 11) is 0. The average Bonchev–Trinajstić information content (AvgIpc) is 2.49. The van der Waals surface area contributed by atoms with E-state index in [4.69, 9.17) is 4.74 Å². The molecular weight excluding hydrogens is 317 g/mol. The van der Waals surface area contributed by atoms with Crippen molar-refractivity contribution < 1.29 is 13.5 Å². The molecule has 0 atom stereocenters. The van der Waals surface area contributed by atoms with E-state index in [-0.39, 0.29) is 6.54 Å². The van der Waals surface area contributed by atoms with Crippen molar-refractivity contribution in [3.8, 4) is 0 Å². The number of hydrogen-bond acceptors (Lipinski definition) is 2. The van der Waals surface area contributed by atoms with Crippen LogP contribution in [0.3, 0.4) is 0 Å². The quantitative estimate of drug-likeness (QED) is 0.592. The van der Waals surface area contributed by atoms with Crippen LogP contribution in [-0.4, -0.2) is 22.8 Å². The van der Waals surface area contributed by atoms with E-state index in [0.717, 1.165) is 15.7 Å². The summed E-state index contributed by atoms with van der Waals surface area (Å²) in [6, 6.07) is 0. The maximum atomic E-state index is 12.2. The molecule has 0 bridgehead atoms. The van der Waals surface area contributed by atoms with Gasteiger partial charge in [0.1, 0.15) is 6.54 Å². The van der Waals surface area contributed by atoms with Gasteiger partial charge in [0, 0.05) is 6.61 Å². The summed E-state index contributed by atoms with van der Waals surface area (Å²) in [5.74, 6) is 0. The van der Waals surface area contributed by atoms with Gasteiger partial charge < -0.3 is 4.74 Å². The third-order valence-electron chi connectivity index (χ3n) is 1.80. The van der Waals surface area contributed by atoms with Gasteiger partial charge in [-0.25, -0.2) is 8.78 Å². The fourth-order valence-corrected chi connectivity index (χ4v) is 1.69. The van der Waals surface area contributed by atoms with E-state index < -0.39 is 6.43 Å². The van der Waals surface area contributed by atoms with Crippen LogP contribution < -0.4 is 0 Å². The molecule has 15 heavy (non-hydrogen) atoms.